The first-order valence-corrected chi connectivity index (χ1v) is 10.9. The number of hydrogen-bond acceptors (Lipinski definition) is 6. The molecule has 0 bridgehead atoms. The van der Waals surface area contributed by atoms with E-state index in [1.807, 2.05) is 24.0 Å². The summed E-state index contributed by atoms with van der Waals surface area (Å²) in [4.78, 5) is 19.7. The van der Waals surface area contributed by atoms with Gasteiger partial charge in [0.25, 0.3) is 0 Å². The number of rotatable bonds is 9. The van der Waals surface area contributed by atoms with Gasteiger partial charge in [0.05, 0.1) is 12.6 Å². The summed E-state index contributed by atoms with van der Waals surface area (Å²) in [6, 6.07) is 7.10. The number of piperidine rings is 1. The predicted octanol–water partition coefficient (Wildman–Crippen LogP) is 3.17. The zero-order valence-electron chi connectivity index (χ0n) is 18.3. The van der Waals surface area contributed by atoms with Crippen molar-refractivity contribution in [2.24, 2.45) is 10.7 Å². The van der Waals surface area contributed by atoms with Gasteiger partial charge in [-0.15, -0.1) is 0 Å². The molecule has 170 valence electrons. The molecule has 0 spiro atoms. The van der Waals surface area contributed by atoms with Crippen molar-refractivity contribution >= 4 is 35.3 Å². The number of ether oxygens (including phenoxy) is 1. The number of likely N-dealkylation sites (N-methyl/N-ethyl adjacent to an activating group) is 1. The maximum Gasteiger partial charge on any atom is 0.240 e. The lowest BCUT2D eigenvalue weighted by Crippen LogP contribution is -2.61. The summed E-state index contributed by atoms with van der Waals surface area (Å²) in [6.45, 7) is 7.03. The predicted molar refractivity (Wildman–Crippen MR) is 127 cm³/mol. The maximum absolute atomic E-state index is 13.3. The van der Waals surface area contributed by atoms with Crippen molar-refractivity contribution in [2.45, 2.75) is 31.3 Å². The SMILES string of the molecule is C=C(N)/C(Cl)=C(\N=C/C)N1CCC(NC)(C(=O)N[C@@H](COC)c2ccc(Cl)cc2)CC1. The van der Waals surface area contributed by atoms with Crippen molar-refractivity contribution in [3.63, 3.8) is 0 Å². The van der Waals surface area contributed by atoms with Crippen molar-refractivity contribution in [3.8, 4) is 0 Å². The first-order valence-electron chi connectivity index (χ1n) is 10.1. The van der Waals surface area contributed by atoms with Crippen LogP contribution in [0.3, 0.4) is 0 Å². The Hall–Kier alpha value is -2.06. The molecule has 2 rings (SSSR count). The van der Waals surface area contributed by atoms with Crippen LogP contribution in [-0.4, -0.2) is 56.4 Å². The molecule has 1 aliphatic heterocycles. The van der Waals surface area contributed by atoms with Crippen molar-refractivity contribution < 1.29 is 9.53 Å². The normalized spacial score (nSPS) is 17.9. The van der Waals surface area contributed by atoms with E-state index in [0.29, 0.717) is 48.4 Å². The van der Waals surface area contributed by atoms with Gasteiger partial charge in [0.15, 0.2) is 0 Å². The summed E-state index contributed by atoms with van der Waals surface area (Å²) >= 11 is 12.3. The topological polar surface area (TPSA) is 92.0 Å². The quantitative estimate of drug-likeness (QED) is 0.383. The Bertz CT molecular complexity index is 831. The minimum Gasteiger partial charge on any atom is -0.398 e. The molecule has 1 aromatic carbocycles. The van der Waals surface area contributed by atoms with Crippen LogP contribution in [0.2, 0.25) is 5.02 Å². The minimum atomic E-state index is -0.720. The Morgan fingerprint density at radius 1 is 1.39 bits per heavy atom. The number of aliphatic imine (C=N–C) groups is 1. The Labute approximate surface area is 194 Å². The third-order valence-corrected chi connectivity index (χ3v) is 6.13. The van der Waals surface area contributed by atoms with Crippen LogP contribution in [0, 0.1) is 0 Å². The molecule has 0 radical (unpaired) electrons. The summed E-state index contributed by atoms with van der Waals surface area (Å²) in [5, 5.41) is 7.34. The largest absolute Gasteiger partial charge is 0.398 e. The molecule has 7 nitrogen and oxygen atoms in total. The molecule has 1 atom stereocenters. The third-order valence-electron chi connectivity index (χ3n) is 5.47. The molecule has 0 aliphatic carbocycles. The van der Waals surface area contributed by atoms with Crippen LogP contribution in [0.4, 0.5) is 0 Å². The molecule has 1 fully saturated rings. The second-order valence-corrected chi connectivity index (χ2v) is 8.22. The van der Waals surface area contributed by atoms with E-state index in [4.69, 9.17) is 33.7 Å². The fourth-order valence-electron chi connectivity index (χ4n) is 3.61. The van der Waals surface area contributed by atoms with Crippen LogP contribution >= 0.6 is 23.2 Å². The molecule has 1 amide bonds. The Balaban J connectivity index is 2.17. The van der Waals surface area contributed by atoms with Gasteiger partial charge in [-0.05, 0) is 44.5 Å². The van der Waals surface area contributed by atoms with Gasteiger partial charge in [0.2, 0.25) is 5.91 Å². The van der Waals surface area contributed by atoms with E-state index in [-0.39, 0.29) is 17.6 Å². The smallest absolute Gasteiger partial charge is 0.240 e. The van der Waals surface area contributed by atoms with E-state index < -0.39 is 5.54 Å². The zero-order valence-corrected chi connectivity index (χ0v) is 19.8. The molecular formula is C22H31Cl2N5O2. The Morgan fingerprint density at radius 2 is 2.00 bits per heavy atom. The van der Waals surface area contributed by atoms with Gasteiger partial charge in [-0.25, -0.2) is 4.99 Å². The fourth-order valence-corrected chi connectivity index (χ4v) is 3.91. The molecule has 0 unspecified atom stereocenters. The number of amides is 1. The molecule has 0 aromatic heterocycles. The summed E-state index contributed by atoms with van der Waals surface area (Å²) in [5.74, 6) is 0.491. The van der Waals surface area contributed by atoms with Gasteiger partial charge in [-0.1, -0.05) is 41.9 Å². The van der Waals surface area contributed by atoms with Crippen molar-refractivity contribution in [3.05, 3.63) is 58.0 Å². The van der Waals surface area contributed by atoms with E-state index >= 15 is 0 Å². The molecule has 1 aliphatic rings. The lowest BCUT2D eigenvalue weighted by molar-refractivity contribution is -0.130. The van der Waals surface area contributed by atoms with Crippen LogP contribution in [0.25, 0.3) is 0 Å². The molecule has 1 heterocycles. The lowest BCUT2D eigenvalue weighted by Gasteiger charge is -2.42. The van der Waals surface area contributed by atoms with E-state index in [2.05, 4.69) is 22.2 Å². The van der Waals surface area contributed by atoms with Crippen molar-refractivity contribution in [2.75, 3.05) is 33.9 Å². The number of nitrogens with one attached hydrogen (secondary N) is 2. The van der Waals surface area contributed by atoms with Gasteiger partial charge < -0.3 is 26.0 Å². The first kappa shape index (κ1) is 25.2. The summed E-state index contributed by atoms with van der Waals surface area (Å²) < 4.78 is 5.33. The van der Waals surface area contributed by atoms with Crippen molar-refractivity contribution in [1.82, 2.24) is 15.5 Å². The highest BCUT2D eigenvalue weighted by Gasteiger charge is 2.41. The number of likely N-dealkylation sites (tertiary alicyclic amines) is 1. The molecule has 0 saturated carbocycles. The second kappa shape index (κ2) is 11.5. The van der Waals surface area contributed by atoms with Gasteiger partial charge in [0.1, 0.15) is 16.4 Å². The van der Waals surface area contributed by atoms with Crippen LogP contribution in [0.1, 0.15) is 31.4 Å². The maximum atomic E-state index is 13.3. The number of halogens is 2. The number of carbonyl (C=O) groups excluding carboxylic acids is 1. The number of hydrogen-bond donors (Lipinski definition) is 3. The molecule has 4 N–H and O–H groups in total. The highest BCUT2D eigenvalue weighted by atomic mass is 35.5. The highest BCUT2D eigenvalue weighted by molar-refractivity contribution is 6.32. The average Bonchev–Trinajstić information content (AvgIpc) is 2.77. The number of nitrogens with zero attached hydrogens (tertiary/aromatic N) is 2. The fraction of sp³-hybridized carbons (Fsp3) is 0.455. The highest BCUT2D eigenvalue weighted by Crippen LogP contribution is 2.29. The number of nitrogens with two attached hydrogens (primary N) is 1. The summed E-state index contributed by atoms with van der Waals surface area (Å²) in [5.41, 5.74) is 6.24. The van der Waals surface area contributed by atoms with Gasteiger partial charge in [0, 0.05) is 37.1 Å². The summed E-state index contributed by atoms with van der Waals surface area (Å²) in [6.07, 6.45) is 2.80. The molecule has 9 heteroatoms. The monoisotopic (exact) mass is 467 g/mol. The Kier molecular flexibility index (Phi) is 9.37. The molecule has 31 heavy (non-hydrogen) atoms. The van der Waals surface area contributed by atoms with E-state index in [1.54, 1.807) is 32.5 Å². The summed E-state index contributed by atoms with van der Waals surface area (Å²) in [7, 11) is 3.41. The van der Waals surface area contributed by atoms with Crippen LogP contribution < -0.4 is 16.4 Å². The lowest BCUT2D eigenvalue weighted by atomic mass is 9.86. The first-order chi connectivity index (χ1) is 14.8. The molecular weight excluding hydrogens is 437 g/mol. The zero-order chi connectivity index (χ0) is 23.0. The third kappa shape index (κ3) is 6.23. The van der Waals surface area contributed by atoms with Crippen LogP contribution in [0.5, 0.6) is 0 Å². The van der Waals surface area contributed by atoms with Gasteiger partial charge in [-0.2, -0.15) is 0 Å². The van der Waals surface area contributed by atoms with E-state index in [1.165, 1.54) is 0 Å². The van der Waals surface area contributed by atoms with E-state index in [9.17, 15) is 4.79 Å². The second-order valence-electron chi connectivity index (χ2n) is 7.40. The number of benzene rings is 1. The van der Waals surface area contributed by atoms with Crippen LogP contribution in [-0.2, 0) is 9.53 Å². The van der Waals surface area contributed by atoms with Crippen molar-refractivity contribution in [1.29, 1.82) is 0 Å². The average molecular weight is 468 g/mol. The standard InChI is InChI=1S/C22H31Cl2N5O2/c1-5-27-20(19(24)15(2)25)29-12-10-22(26-3,11-13-29)21(30)28-18(14-31-4)16-6-8-17(23)9-7-16/h5-9,18,26H,2,10-14,25H2,1,3-4H3,(H,28,30)/b20-19-,27-5-/t18-/m0/s1. The van der Waals surface area contributed by atoms with Gasteiger partial charge >= 0.3 is 0 Å². The Morgan fingerprint density at radius 3 is 2.48 bits per heavy atom. The van der Waals surface area contributed by atoms with Gasteiger partial charge in [-0.3, -0.25) is 4.79 Å². The number of allylic oxidation sites excluding steroid dienone is 1. The van der Waals surface area contributed by atoms with Crippen LogP contribution in [0.15, 0.2) is 52.4 Å². The van der Waals surface area contributed by atoms with E-state index in [0.717, 1.165) is 5.56 Å². The number of methoxy groups -OCH3 is 1. The minimum absolute atomic E-state index is 0.0782. The molecule has 1 aromatic rings. The molecule has 1 saturated heterocycles. The number of carbonyl (C=O) groups is 1.